The summed E-state index contributed by atoms with van der Waals surface area (Å²) >= 11 is 0. The largest absolute Gasteiger partial charge is 0.392 e. The lowest BCUT2D eigenvalue weighted by Crippen LogP contribution is -2.22. The molecule has 1 unspecified atom stereocenters. The summed E-state index contributed by atoms with van der Waals surface area (Å²) in [6.07, 6.45) is -1.06. The molecule has 1 atom stereocenters. The van der Waals surface area contributed by atoms with Crippen LogP contribution in [-0.2, 0) is 0 Å². The van der Waals surface area contributed by atoms with E-state index in [-0.39, 0.29) is 37.4 Å². The van der Waals surface area contributed by atoms with Crippen LogP contribution < -0.4 is 36.5 Å². The molecule has 10 heavy (non-hydrogen) atoms. The van der Waals surface area contributed by atoms with Crippen molar-refractivity contribution in [3.05, 3.63) is 0 Å². The van der Waals surface area contributed by atoms with E-state index in [4.69, 9.17) is 10.2 Å². The lowest BCUT2D eigenvalue weighted by molar-refractivity contribution is 0.101. The molecule has 72 valence electrons. The van der Waals surface area contributed by atoms with Gasteiger partial charge >= 0.3 is 0 Å². The molecule has 0 aliphatic rings. The Kier molecular flexibility index (Phi) is 204. The highest BCUT2D eigenvalue weighted by Gasteiger charge is 1.83. The van der Waals surface area contributed by atoms with E-state index in [1.165, 1.54) is 0 Å². The number of rotatable bonds is 1. The van der Waals surface area contributed by atoms with Crippen LogP contribution in [0, 0.1) is 0 Å². The van der Waals surface area contributed by atoms with Crippen LogP contribution in [0.5, 0.6) is 0 Å². The third-order valence-corrected chi connectivity index (χ3v) is 0.187. The zero-order chi connectivity index (χ0) is 4.28. The average molecular weight is 162 g/mol. The number of hydrogen-bond donors (Lipinski definition) is 8. The van der Waals surface area contributed by atoms with Gasteiger partial charge < -0.3 is 46.7 Å². The highest BCUT2D eigenvalue weighted by Crippen LogP contribution is 1.55. The van der Waals surface area contributed by atoms with Gasteiger partial charge in [0.1, 0.15) is 6.23 Å². The third kappa shape index (κ3) is 121. The van der Waals surface area contributed by atoms with E-state index >= 15 is 0 Å². The highest BCUT2D eigenvalue weighted by molar-refractivity contribution is 4.30. The van der Waals surface area contributed by atoms with Crippen molar-refractivity contribution in [1.29, 1.82) is 0 Å². The van der Waals surface area contributed by atoms with Gasteiger partial charge in [0.2, 0.25) is 0 Å². The van der Waals surface area contributed by atoms with Gasteiger partial charge in [0.05, 0.1) is 6.61 Å². The Morgan fingerprint density at radius 1 is 1.00 bits per heavy atom. The van der Waals surface area contributed by atoms with Gasteiger partial charge in [-0.25, -0.2) is 0 Å². The predicted molar refractivity (Wildman–Crippen MR) is 42.4 cm³/mol. The maximum absolute atomic E-state index is 7.89. The summed E-state index contributed by atoms with van der Waals surface area (Å²) in [6, 6.07) is 0. The molecule has 0 amide bonds. The van der Waals surface area contributed by atoms with Crippen LogP contribution in [0.4, 0.5) is 0 Å². The molecular formula is C2H22N6O2. The molecule has 19 N–H and O–H groups in total. The molecule has 8 nitrogen and oxygen atoms in total. The van der Waals surface area contributed by atoms with E-state index in [1.54, 1.807) is 0 Å². The minimum absolute atomic E-state index is 0. The van der Waals surface area contributed by atoms with Crippen LogP contribution in [0.1, 0.15) is 0 Å². The summed E-state index contributed by atoms with van der Waals surface area (Å²) < 4.78 is 0. The standard InChI is InChI=1S/C2H7NO2.5H3N/c3-2(5)1-4;;;;;/h2,4-5H,1,3H2;5*1H3. The van der Waals surface area contributed by atoms with Crippen molar-refractivity contribution in [2.24, 2.45) is 5.73 Å². The fraction of sp³-hybridized carbons (Fsp3) is 1.00. The summed E-state index contributed by atoms with van der Waals surface area (Å²) in [5, 5.41) is 15.7. The van der Waals surface area contributed by atoms with E-state index in [1.807, 2.05) is 0 Å². The van der Waals surface area contributed by atoms with Gasteiger partial charge in [-0.3, -0.25) is 0 Å². The molecular weight excluding hydrogens is 140 g/mol. The molecule has 0 spiro atoms. The van der Waals surface area contributed by atoms with Crippen molar-refractivity contribution in [2.75, 3.05) is 6.61 Å². The highest BCUT2D eigenvalue weighted by atomic mass is 16.3. The lowest BCUT2D eigenvalue weighted by Gasteiger charge is -1.91. The molecule has 0 bridgehead atoms. The van der Waals surface area contributed by atoms with Crippen molar-refractivity contribution in [1.82, 2.24) is 30.8 Å². The van der Waals surface area contributed by atoms with Crippen LogP contribution in [0.3, 0.4) is 0 Å². The van der Waals surface area contributed by atoms with Crippen molar-refractivity contribution in [3.63, 3.8) is 0 Å². The minimum atomic E-state index is -1.06. The first-order valence-corrected chi connectivity index (χ1v) is 1.32. The maximum Gasteiger partial charge on any atom is 0.125 e. The Morgan fingerprint density at radius 3 is 1.10 bits per heavy atom. The Hall–Kier alpha value is -0.320. The first kappa shape index (κ1) is 53.9. The Balaban J connectivity index is -0.00000000800. The van der Waals surface area contributed by atoms with Crippen LogP contribution in [0.25, 0.3) is 0 Å². The monoisotopic (exact) mass is 162 g/mol. The minimum Gasteiger partial charge on any atom is -0.392 e. The quantitative estimate of drug-likeness (QED) is 0.223. The molecule has 0 fully saturated rings. The molecule has 0 heterocycles. The lowest BCUT2D eigenvalue weighted by atomic mass is 10.7. The summed E-state index contributed by atoms with van der Waals surface area (Å²) in [6.45, 7) is -0.361. The first-order valence-electron chi connectivity index (χ1n) is 1.32. The topological polar surface area (TPSA) is 241 Å². The van der Waals surface area contributed by atoms with Gasteiger partial charge in [-0.15, -0.1) is 0 Å². The van der Waals surface area contributed by atoms with Crippen molar-refractivity contribution in [3.8, 4) is 0 Å². The van der Waals surface area contributed by atoms with Gasteiger partial charge in [0, 0.05) is 0 Å². The number of aliphatic hydroxyl groups excluding tert-OH is 2. The summed E-state index contributed by atoms with van der Waals surface area (Å²) in [5.41, 5.74) is 4.60. The van der Waals surface area contributed by atoms with E-state index in [0.717, 1.165) is 0 Å². The van der Waals surface area contributed by atoms with Crippen molar-refractivity contribution in [2.45, 2.75) is 6.23 Å². The van der Waals surface area contributed by atoms with Gasteiger partial charge in [0.15, 0.2) is 0 Å². The normalized spacial score (nSPS) is 7.50. The average Bonchev–Trinajstić information content (AvgIpc) is 1.38. The molecule has 0 saturated heterocycles. The smallest absolute Gasteiger partial charge is 0.125 e. The summed E-state index contributed by atoms with van der Waals surface area (Å²) in [7, 11) is 0. The van der Waals surface area contributed by atoms with Gasteiger partial charge in [0.25, 0.3) is 0 Å². The zero-order valence-electron chi connectivity index (χ0n) is 6.29. The number of nitrogens with two attached hydrogens (primary N) is 1. The van der Waals surface area contributed by atoms with E-state index in [2.05, 4.69) is 5.73 Å². The second kappa shape index (κ2) is 37.8. The van der Waals surface area contributed by atoms with Crippen molar-refractivity contribution < 1.29 is 10.2 Å². The summed E-state index contributed by atoms with van der Waals surface area (Å²) in [5.74, 6) is 0. The van der Waals surface area contributed by atoms with Gasteiger partial charge in [-0.2, -0.15) is 0 Å². The fourth-order valence-corrected chi connectivity index (χ4v) is 0. The summed E-state index contributed by atoms with van der Waals surface area (Å²) in [4.78, 5) is 0. The van der Waals surface area contributed by atoms with E-state index in [0.29, 0.717) is 0 Å². The molecule has 0 aromatic carbocycles. The molecule has 0 aliphatic heterocycles. The van der Waals surface area contributed by atoms with Crippen LogP contribution in [0.15, 0.2) is 0 Å². The van der Waals surface area contributed by atoms with Gasteiger partial charge in [-0.05, 0) is 0 Å². The van der Waals surface area contributed by atoms with Crippen LogP contribution in [-0.4, -0.2) is 23.0 Å². The van der Waals surface area contributed by atoms with Crippen LogP contribution >= 0.6 is 0 Å². The van der Waals surface area contributed by atoms with E-state index < -0.39 is 6.23 Å². The molecule has 0 aromatic rings. The molecule has 0 saturated carbocycles. The van der Waals surface area contributed by atoms with Gasteiger partial charge in [-0.1, -0.05) is 0 Å². The second-order valence-electron chi connectivity index (χ2n) is 0.750. The number of aliphatic hydroxyl groups is 2. The zero-order valence-corrected chi connectivity index (χ0v) is 6.29. The van der Waals surface area contributed by atoms with Crippen molar-refractivity contribution >= 4 is 0 Å². The number of hydrogen-bond acceptors (Lipinski definition) is 8. The second-order valence-corrected chi connectivity index (χ2v) is 0.750. The SMILES string of the molecule is N.N.N.N.N.NC(O)CO. The predicted octanol–water partition coefficient (Wildman–Crippen LogP) is -0.934. The molecule has 0 rings (SSSR count). The first-order chi connectivity index (χ1) is 2.27. The Bertz CT molecular complexity index is 27.7. The maximum atomic E-state index is 7.89. The Labute approximate surface area is 60.7 Å². The molecule has 0 aliphatic carbocycles. The fourth-order valence-electron chi connectivity index (χ4n) is 0. The molecule has 0 aromatic heterocycles. The third-order valence-electron chi connectivity index (χ3n) is 0.187. The molecule has 0 radical (unpaired) electrons. The van der Waals surface area contributed by atoms with E-state index in [9.17, 15) is 0 Å². The molecule has 8 heteroatoms. The van der Waals surface area contributed by atoms with Crippen LogP contribution in [0.2, 0.25) is 0 Å². The Morgan fingerprint density at radius 2 is 1.10 bits per heavy atom.